The Labute approximate surface area is 140 Å². The fourth-order valence-electron chi connectivity index (χ4n) is 2.99. The monoisotopic (exact) mass is 340 g/mol. The number of rotatable bonds is 4. The van der Waals surface area contributed by atoms with E-state index in [0.29, 0.717) is 6.54 Å². The molecular formula is C18H23F3N2O. The summed E-state index contributed by atoms with van der Waals surface area (Å²) in [6.45, 7) is 5.56. The second kappa shape index (κ2) is 7.38. The third-order valence-electron chi connectivity index (χ3n) is 4.20. The van der Waals surface area contributed by atoms with Gasteiger partial charge in [0.1, 0.15) is 0 Å². The van der Waals surface area contributed by atoms with Crippen LogP contribution in [0, 0.1) is 5.92 Å². The lowest BCUT2D eigenvalue weighted by Crippen LogP contribution is -2.44. The van der Waals surface area contributed by atoms with E-state index in [9.17, 15) is 18.0 Å². The van der Waals surface area contributed by atoms with Crippen molar-refractivity contribution >= 4 is 5.91 Å². The van der Waals surface area contributed by atoms with Gasteiger partial charge in [-0.3, -0.25) is 4.79 Å². The summed E-state index contributed by atoms with van der Waals surface area (Å²) in [5.41, 5.74) is -0.184. The minimum atomic E-state index is -4.55. The number of carbonyl (C=O) groups excluding carboxylic acids is 1. The van der Waals surface area contributed by atoms with Crippen LogP contribution in [-0.2, 0) is 6.18 Å². The summed E-state index contributed by atoms with van der Waals surface area (Å²) < 4.78 is 39.3. The zero-order valence-corrected chi connectivity index (χ0v) is 14.2. The van der Waals surface area contributed by atoms with Crippen molar-refractivity contribution in [2.75, 3.05) is 20.1 Å². The molecule has 0 spiro atoms. The summed E-state index contributed by atoms with van der Waals surface area (Å²) in [6, 6.07) is 4.62. The SMILES string of the molecule is CC(C)[C@@H](NC(=O)c1ccccc1C(F)(F)F)C1=CCCN(C)C1. The molecule has 1 heterocycles. The Hall–Kier alpha value is -1.82. The summed E-state index contributed by atoms with van der Waals surface area (Å²) in [5, 5.41) is 2.80. The van der Waals surface area contributed by atoms with Gasteiger partial charge in [-0.1, -0.05) is 32.1 Å². The highest BCUT2D eigenvalue weighted by Gasteiger charge is 2.35. The van der Waals surface area contributed by atoms with Crippen LogP contribution in [0.4, 0.5) is 13.2 Å². The fourth-order valence-corrected chi connectivity index (χ4v) is 2.99. The summed E-state index contributed by atoms with van der Waals surface area (Å²) in [4.78, 5) is 14.6. The molecule has 1 amide bonds. The highest BCUT2D eigenvalue weighted by atomic mass is 19.4. The molecule has 1 atom stereocenters. The predicted octanol–water partition coefficient (Wildman–Crippen LogP) is 3.72. The highest BCUT2D eigenvalue weighted by molar-refractivity contribution is 5.96. The molecule has 0 fully saturated rings. The van der Waals surface area contributed by atoms with Gasteiger partial charge in [-0.2, -0.15) is 13.2 Å². The molecular weight excluding hydrogens is 317 g/mol. The smallest absolute Gasteiger partial charge is 0.345 e. The third-order valence-corrected chi connectivity index (χ3v) is 4.20. The van der Waals surface area contributed by atoms with Crippen LogP contribution in [0.2, 0.25) is 0 Å². The first-order valence-electron chi connectivity index (χ1n) is 8.04. The zero-order chi connectivity index (χ0) is 17.9. The van der Waals surface area contributed by atoms with Crippen molar-refractivity contribution in [1.82, 2.24) is 10.2 Å². The van der Waals surface area contributed by atoms with Crippen molar-refractivity contribution in [2.24, 2.45) is 5.92 Å². The quantitative estimate of drug-likeness (QED) is 0.847. The molecule has 1 aliphatic rings. The number of nitrogens with zero attached hydrogens (tertiary/aromatic N) is 1. The lowest BCUT2D eigenvalue weighted by molar-refractivity contribution is -0.137. The molecule has 1 N–H and O–H groups in total. The topological polar surface area (TPSA) is 32.3 Å². The van der Waals surface area contributed by atoms with Gasteiger partial charge < -0.3 is 10.2 Å². The number of benzene rings is 1. The molecule has 2 rings (SSSR count). The zero-order valence-electron chi connectivity index (χ0n) is 14.2. The van der Waals surface area contributed by atoms with Crippen molar-refractivity contribution < 1.29 is 18.0 Å². The molecule has 0 unspecified atom stereocenters. The number of alkyl halides is 3. The Bertz CT molecular complexity index is 623. The Morgan fingerprint density at radius 3 is 2.50 bits per heavy atom. The van der Waals surface area contributed by atoms with E-state index in [-0.39, 0.29) is 17.5 Å². The van der Waals surface area contributed by atoms with E-state index in [1.807, 2.05) is 20.9 Å². The predicted molar refractivity (Wildman–Crippen MR) is 87.7 cm³/mol. The lowest BCUT2D eigenvalue weighted by atomic mass is 9.92. The average Bonchev–Trinajstić information content (AvgIpc) is 2.51. The third kappa shape index (κ3) is 4.38. The van der Waals surface area contributed by atoms with E-state index < -0.39 is 17.6 Å². The number of hydrogen-bond acceptors (Lipinski definition) is 2. The van der Waals surface area contributed by atoms with E-state index in [0.717, 1.165) is 24.6 Å². The maximum absolute atomic E-state index is 13.1. The largest absolute Gasteiger partial charge is 0.417 e. The molecule has 1 aliphatic heterocycles. The summed E-state index contributed by atoms with van der Waals surface area (Å²) in [6.07, 6.45) is -1.59. The average molecular weight is 340 g/mol. The molecule has 6 heteroatoms. The van der Waals surface area contributed by atoms with Gasteiger partial charge in [0.05, 0.1) is 17.2 Å². The van der Waals surface area contributed by atoms with Crippen LogP contribution in [0.5, 0.6) is 0 Å². The number of likely N-dealkylation sites (N-methyl/N-ethyl adjacent to an activating group) is 1. The number of nitrogens with one attached hydrogen (secondary N) is 1. The molecule has 0 aromatic heterocycles. The van der Waals surface area contributed by atoms with E-state index in [1.165, 1.54) is 18.2 Å². The normalized spacial score (nSPS) is 17.5. The first-order chi connectivity index (χ1) is 11.2. The summed E-state index contributed by atoms with van der Waals surface area (Å²) >= 11 is 0. The van der Waals surface area contributed by atoms with Crippen molar-refractivity contribution in [2.45, 2.75) is 32.5 Å². The van der Waals surface area contributed by atoms with Crippen LogP contribution < -0.4 is 5.32 Å². The summed E-state index contributed by atoms with van der Waals surface area (Å²) in [7, 11) is 1.99. The molecule has 132 valence electrons. The van der Waals surface area contributed by atoms with Crippen molar-refractivity contribution in [3.63, 3.8) is 0 Å². The van der Waals surface area contributed by atoms with Gasteiger partial charge in [-0.15, -0.1) is 0 Å². The molecule has 0 saturated carbocycles. The first-order valence-corrected chi connectivity index (χ1v) is 8.04. The van der Waals surface area contributed by atoms with Crippen LogP contribution >= 0.6 is 0 Å². The standard InChI is InChI=1S/C18H23F3N2O/c1-12(2)16(13-7-6-10-23(3)11-13)22-17(24)14-8-4-5-9-15(14)18(19,20)21/h4-5,7-9,12,16H,6,10-11H2,1-3H3,(H,22,24)/t16-/m1/s1. The summed E-state index contributed by atoms with van der Waals surface area (Å²) in [5.74, 6) is -0.597. The maximum atomic E-state index is 13.1. The molecule has 0 bridgehead atoms. The van der Waals surface area contributed by atoms with Crippen LogP contribution in [0.25, 0.3) is 0 Å². The van der Waals surface area contributed by atoms with Crippen LogP contribution in [0.3, 0.4) is 0 Å². The maximum Gasteiger partial charge on any atom is 0.417 e. The van der Waals surface area contributed by atoms with Crippen LogP contribution in [0.1, 0.15) is 36.2 Å². The van der Waals surface area contributed by atoms with Gasteiger partial charge in [0, 0.05) is 13.1 Å². The molecule has 0 radical (unpaired) electrons. The van der Waals surface area contributed by atoms with Gasteiger partial charge in [-0.05, 0) is 37.1 Å². The number of amides is 1. The Balaban J connectivity index is 2.25. The van der Waals surface area contributed by atoms with Crippen molar-refractivity contribution in [3.05, 3.63) is 47.0 Å². The molecule has 0 aliphatic carbocycles. The van der Waals surface area contributed by atoms with E-state index in [4.69, 9.17) is 0 Å². The number of hydrogen-bond donors (Lipinski definition) is 1. The van der Waals surface area contributed by atoms with Crippen molar-refractivity contribution in [3.8, 4) is 0 Å². The molecule has 3 nitrogen and oxygen atoms in total. The van der Waals surface area contributed by atoms with Gasteiger partial charge in [0.15, 0.2) is 0 Å². The highest BCUT2D eigenvalue weighted by Crippen LogP contribution is 2.32. The Morgan fingerprint density at radius 1 is 1.25 bits per heavy atom. The Kier molecular flexibility index (Phi) is 5.70. The first kappa shape index (κ1) is 18.5. The van der Waals surface area contributed by atoms with E-state index in [2.05, 4.69) is 16.3 Å². The second-order valence-electron chi connectivity index (χ2n) is 6.54. The van der Waals surface area contributed by atoms with Crippen molar-refractivity contribution in [1.29, 1.82) is 0 Å². The van der Waals surface area contributed by atoms with E-state index in [1.54, 1.807) is 0 Å². The molecule has 0 saturated heterocycles. The fraction of sp³-hybridized carbons (Fsp3) is 0.500. The van der Waals surface area contributed by atoms with Crippen LogP contribution in [-0.4, -0.2) is 37.0 Å². The number of carbonyl (C=O) groups is 1. The van der Waals surface area contributed by atoms with Gasteiger partial charge in [0.2, 0.25) is 0 Å². The minimum absolute atomic E-state index is 0.0877. The van der Waals surface area contributed by atoms with Gasteiger partial charge >= 0.3 is 6.18 Å². The second-order valence-corrected chi connectivity index (χ2v) is 6.54. The van der Waals surface area contributed by atoms with E-state index >= 15 is 0 Å². The molecule has 1 aromatic rings. The lowest BCUT2D eigenvalue weighted by Gasteiger charge is -2.31. The molecule has 1 aromatic carbocycles. The molecule has 24 heavy (non-hydrogen) atoms. The Morgan fingerprint density at radius 2 is 1.92 bits per heavy atom. The number of halogens is 3. The van der Waals surface area contributed by atoms with Gasteiger partial charge in [0.25, 0.3) is 5.91 Å². The minimum Gasteiger partial charge on any atom is -0.345 e. The van der Waals surface area contributed by atoms with Gasteiger partial charge in [-0.25, -0.2) is 0 Å². The van der Waals surface area contributed by atoms with Crippen LogP contribution in [0.15, 0.2) is 35.9 Å².